The Bertz CT molecular complexity index is 1130. The van der Waals surface area contributed by atoms with E-state index in [1.165, 1.54) is 10.8 Å². The van der Waals surface area contributed by atoms with Gasteiger partial charge in [-0.2, -0.15) is 0 Å². The number of rotatable bonds is 4. The number of fused-ring (bicyclic) bond motifs is 1. The van der Waals surface area contributed by atoms with E-state index in [2.05, 4.69) is 10.3 Å². The van der Waals surface area contributed by atoms with Gasteiger partial charge in [-0.1, -0.05) is 23.7 Å². The Morgan fingerprint density at radius 2 is 1.93 bits per heavy atom. The molecule has 3 aromatic rings. The smallest absolute Gasteiger partial charge is 0.408 e. The molecule has 156 valence electrons. The van der Waals surface area contributed by atoms with E-state index in [1.807, 2.05) is 0 Å². The average molecular weight is 429 g/mol. The fourth-order valence-electron chi connectivity index (χ4n) is 3.77. The molecule has 1 aromatic carbocycles. The third-order valence-corrected chi connectivity index (χ3v) is 5.64. The van der Waals surface area contributed by atoms with Gasteiger partial charge in [-0.3, -0.25) is 14.2 Å². The number of nitrogens with zero attached hydrogens (tertiary/aromatic N) is 3. The summed E-state index contributed by atoms with van der Waals surface area (Å²) < 4.78 is 6.62. The third kappa shape index (κ3) is 3.95. The molecule has 1 aliphatic heterocycles. The van der Waals surface area contributed by atoms with Gasteiger partial charge < -0.3 is 14.6 Å². The number of hydrogen-bond donors (Lipinski definition) is 1. The van der Waals surface area contributed by atoms with E-state index in [-0.39, 0.29) is 17.7 Å². The minimum absolute atomic E-state index is 0.123. The Kier molecular flexibility index (Phi) is 5.59. The van der Waals surface area contributed by atoms with Crippen LogP contribution in [0.3, 0.4) is 0 Å². The fraction of sp³-hybridized carbons (Fsp3) is 0.333. The molecule has 2 aromatic heterocycles. The predicted octanol–water partition coefficient (Wildman–Crippen LogP) is 3.08. The first-order valence-corrected chi connectivity index (χ1v) is 10.1. The second kappa shape index (κ2) is 8.31. The molecule has 0 saturated carbocycles. The van der Waals surface area contributed by atoms with Crippen molar-refractivity contribution in [1.82, 2.24) is 14.5 Å². The highest BCUT2D eigenvalue weighted by Crippen LogP contribution is 2.23. The summed E-state index contributed by atoms with van der Waals surface area (Å²) in [5, 5.41) is 3.28. The molecule has 1 N–H and O–H groups in total. The van der Waals surface area contributed by atoms with Gasteiger partial charge in [0.25, 0.3) is 0 Å². The summed E-state index contributed by atoms with van der Waals surface area (Å²) in [4.78, 5) is 43.5. The number of nitrogens with one attached hydrogen (secondary N) is 1. The number of aromatic nitrogens is 2. The van der Waals surface area contributed by atoms with Crippen molar-refractivity contribution in [3.63, 3.8) is 0 Å². The number of amides is 2. The van der Waals surface area contributed by atoms with Gasteiger partial charge in [0.2, 0.25) is 11.8 Å². The Morgan fingerprint density at radius 1 is 1.20 bits per heavy atom. The van der Waals surface area contributed by atoms with Gasteiger partial charge in [-0.05, 0) is 44.0 Å². The van der Waals surface area contributed by atoms with Crippen LogP contribution in [0.2, 0.25) is 5.02 Å². The zero-order valence-corrected chi connectivity index (χ0v) is 17.1. The van der Waals surface area contributed by atoms with Crippen molar-refractivity contribution in [2.24, 2.45) is 5.92 Å². The number of likely N-dealkylation sites (tertiary alicyclic amines) is 1. The molecule has 4 rings (SSSR count). The SMILES string of the molecule is CC(C(=O)N1CCC(C(=O)Nc2ccc(Cl)cn2)CC1)n1c(=O)oc2ccccc21. The predicted molar refractivity (Wildman–Crippen MR) is 112 cm³/mol. The fourth-order valence-corrected chi connectivity index (χ4v) is 3.88. The summed E-state index contributed by atoms with van der Waals surface area (Å²) in [6.07, 6.45) is 2.55. The number of carbonyl (C=O) groups is 2. The van der Waals surface area contributed by atoms with Crippen LogP contribution < -0.4 is 11.1 Å². The van der Waals surface area contributed by atoms with Gasteiger partial charge in [-0.25, -0.2) is 9.78 Å². The minimum Gasteiger partial charge on any atom is -0.408 e. The molecule has 1 unspecified atom stereocenters. The van der Waals surface area contributed by atoms with Gasteiger partial charge in [0, 0.05) is 25.2 Å². The minimum atomic E-state index is -0.690. The van der Waals surface area contributed by atoms with Crippen molar-refractivity contribution in [2.45, 2.75) is 25.8 Å². The Hall–Kier alpha value is -3.13. The molecular formula is C21H21ClN4O4. The molecule has 0 bridgehead atoms. The number of carbonyl (C=O) groups excluding carboxylic acids is 2. The van der Waals surface area contributed by atoms with Crippen LogP contribution in [0, 0.1) is 5.92 Å². The maximum atomic E-state index is 13.0. The van der Waals surface area contributed by atoms with E-state index in [1.54, 1.807) is 48.2 Å². The maximum Gasteiger partial charge on any atom is 0.420 e. The monoisotopic (exact) mass is 428 g/mol. The quantitative estimate of drug-likeness (QED) is 0.688. The lowest BCUT2D eigenvalue weighted by Gasteiger charge is -2.33. The van der Waals surface area contributed by atoms with Crippen LogP contribution in [0.4, 0.5) is 5.82 Å². The highest BCUT2D eigenvalue weighted by atomic mass is 35.5. The number of piperidine rings is 1. The first-order chi connectivity index (χ1) is 14.4. The zero-order valence-electron chi connectivity index (χ0n) is 16.4. The van der Waals surface area contributed by atoms with Crippen molar-refractivity contribution in [2.75, 3.05) is 18.4 Å². The van der Waals surface area contributed by atoms with Crippen LogP contribution in [0.25, 0.3) is 11.1 Å². The molecular weight excluding hydrogens is 408 g/mol. The summed E-state index contributed by atoms with van der Waals surface area (Å²) in [5.41, 5.74) is 1.04. The van der Waals surface area contributed by atoms with Crippen LogP contribution >= 0.6 is 11.6 Å². The van der Waals surface area contributed by atoms with E-state index < -0.39 is 11.8 Å². The highest BCUT2D eigenvalue weighted by molar-refractivity contribution is 6.30. The number of hydrogen-bond acceptors (Lipinski definition) is 5. The van der Waals surface area contributed by atoms with Crippen LogP contribution in [0.5, 0.6) is 0 Å². The molecule has 8 nitrogen and oxygen atoms in total. The van der Waals surface area contributed by atoms with Crippen molar-refractivity contribution >= 4 is 40.3 Å². The summed E-state index contributed by atoms with van der Waals surface area (Å²) >= 11 is 5.81. The van der Waals surface area contributed by atoms with Gasteiger partial charge >= 0.3 is 5.76 Å². The summed E-state index contributed by atoms with van der Waals surface area (Å²) in [6.45, 7) is 2.58. The normalized spacial score (nSPS) is 15.9. The molecule has 1 atom stereocenters. The average Bonchev–Trinajstić information content (AvgIpc) is 3.10. The van der Waals surface area contributed by atoms with Gasteiger partial charge in [-0.15, -0.1) is 0 Å². The lowest BCUT2D eigenvalue weighted by Crippen LogP contribution is -2.44. The number of para-hydroxylation sites is 2. The number of pyridine rings is 1. The van der Waals surface area contributed by atoms with Gasteiger partial charge in [0.15, 0.2) is 5.58 Å². The van der Waals surface area contributed by atoms with Crippen molar-refractivity contribution in [3.8, 4) is 0 Å². The molecule has 3 heterocycles. The molecule has 9 heteroatoms. The number of halogens is 1. The molecule has 1 aliphatic rings. The molecule has 2 amide bonds. The van der Waals surface area contributed by atoms with E-state index in [0.29, 0.717) is 47.9 Å². The molecule has 0 aliphatic carbocycles. The topological polar surface area (TPSA) is 97.4 Å². The second-order valence-electron chi connectivity index (χ2n) is 7.33. The van der Waals surface area contributed by atoms with E-state index in [0.717, 1.165) is 0 Å². The maximum absolute atomic E-state index is 13.0. The van der Waals surface area contributed by atoms with Crippen LogP contribution in [-0.2, 0) is 9.59 Å². The zero-order chi connectivity index (χ0) is 21.3. The van der Waals surface area contributed by atoms with Crippen LogP contribution in [0.15, 0.2) is 51.8 Å². The molecule has 30 heavy (non-hydrogen) atoms. The summed E-state index contributed by atoms with van der Waals surface area (Å²) in [7, 11) is 0. The van der Waals surface area contributed by atoms with Gasteiger partial charge in [0.05, 0.1) is 10.5 Å². The van der Waals surface area contributed by atoms with Crippen molar-refractivity contribution < 1.29 is 14.0 Å². The number of oxazole rings is 1. The first-order valence-electron chi connectivity index (χ1n) is 9.75. The summed E-state index contributed by atoms with van der Waals surface area (Å²) in [6, 6.07) is 9.64. The van der Waals surface area contributed by atoms with E-state index >= 15 is 0 Å². The Balaban J connectivity index is 1.39. The standard InChI is InChI=1S/C21H21ClN4O4/c1-13(26-16-4-2-3-5-17(16)30-21(26)29)20(28)25-10-8-14(9-11-25)19(27)24-18-7-6-15(22)12-23-18/h2-7,12-14H,8-11H2,1H3,(H,23,24,27). The lowest BCUT2D eigenvalue weighted by molar-refractivity contribution is -0.137. The van der Waals surface area contributed by atoms with Crippen LogP contribution in [-0.4, -0.2) is 39.4 Å². The van der Waals surface area contributed by atoms with E-state index in [4.69, 9.17) is 16.0 Å². The largest absolute Gasteiger partial charge is 0.420 e. The molecule has 0 radical (unpaired) electrons. The van der Waals surface area contributed by atoms with Crippen LogP contribution in [0.1, 0.15) is 25.8 Å². The van der Waals surface area contributed by atoms with Crippen molar-refractivity contribution in [3.05, 3.63) is 58.2 Å². The van der Waals surface area contributed by atoms with Crippen molar-refractivity contribution in [1.29, 1.82) is 0 Å². The van der Waals surface area contributed by atoms with E-state index in [9.17, 15) is 14.4 Å². The molecule has 1 saturated heterocycles. The summed E-state index contributed by atoms with van der Waals surface area (Å²) in [5.74, 6) is -0.604. The second-order valence-corrected chi connectivity index (χ2v) is 7.77. The Labute approximate surface area is 177 Å². The number of anilines is 1. The van der Waals surface area contributed by atoms with Gasteiger partial charge in [0.1, 0.15) is 11.9 Å². The highest BCUT2D eigenvalue weighted by Gasteiger charge is 2.31. The third-order valence-electron chi connectivity index (χ3n) is 5.42. The Morgan fingerprint density at radius 3 is 2.63 bits per heavy atom. The first kappa shape index (κ1) is 20.2. The molecule has 1 fully saturated rings. The molecule has 0 spiro atoms. The number of benzene rings is 1. The lowest BCUT2D eigenvalue weighted by atomic mass is 9.95.